The van der Waals surface area contributed by atoms with Gasteiger partial charge in [0, 0.05) is 24.2 Å². The Morgan fingerprint density at radius 3 is 2.48 bits per heavy atom. The first-order chi connectivity index (χ1) is 15.2. The van der Waals surface area contributed by atoms with E-state index in [0.717, 1.165) is 40.9 Å². The lowest BCUT2D eigenvalue weighted by molar-refractivity contribution is 0.593. The van der Waals surface area contributed by atoms with Gasteiger partial charge in [-0.1, -0.05) is 72.3 Å². The fraction of sp³-hybridized carbons (Fsp3) is 0.185. The minimum absolute atomic E-state index is 0.0335. The molecule has 1 aliphatic rings. The summed E-state index contributed by atoms with van der Waals surface area (Å²) in [5.41, 5.74) is 7.44. The van der Waals surface area contributed by atoms with Crippen LogP contribution in [0.4, 0.5) is 10.3 Å². The normalized spacial score (nSPS) is 14.6. The number of hydrogen-bond donors (Lipinski definition) is 1. The van der Waals surface area contributed by atoms with Crippen molar-refractivity contribution in [3.05, 3.63) is 113 Å². The molecule has 3 nitrogen and oxygen atoms in total. The quantitative estimate of drug-likeness (QED) is 0.444. The Hall–Kier alpha value is -3.53. The molecule has 0 bridgehead atoms. The zero-order chi connectivity index (χ0) is 21.2. The van der Waals surface area contributed by atoms with E-state index < -0.39 is 0 Å². The van der Waals surface area contributed by atoms with Crippen LogP contribution in [-0.4, -0.2) is 16.5 Å². The SMILES string of the molecule is Cc1ccc(CCNc2ncc3c(n2)-c2ccccc2C(c2ccccc2F)C3)cc1. The zero-order valence-electron chi connectivity index (χ0n) is 17.5. The van der Waals surface area contributed by atoms with Crippen LogP contribution >= 0.6 is 0 Å². The van der Waals surface area contributed by atoms with Crippen LogP contribution in [0.2, 0.25) is 0 Å². The van der Waals surface area contributed by atoms with Crippen LogP contribution in [0.1, 0.15) is 33.7 Å². The standard InChI is InChI=1S/C27H24FN3/c1-18-10-12-19(13-11-18)14-15-29-27-30-17-20-16-24(22-7-4-5-9-25(22)28)21-6-2-3-8-23(21)26(20)31-27/h2-13,17,24H,14-16H2,1H3,(H,29,30,31). The number of rotatable bonds is 5. The monoisotopic (exact) mass is 409 g/mol. The first-order valence-electron chi connectivity index (χ1n) is 10.7. The van der Waals surface area contributed by atoms with Crippen molar-refractivity contribution in [2.45, 2.75) is 25.7 Å². The molecule has 3 aromatic carbocycles. The lowest BCUT2D eigenvalue weighted by Crippen LogP contribution is -2.16. The third kappa shape index (κ3) is 3.93. The Bertz CT molecular complexity index is 1220. The molecule has 0 spiro atoms. The van der Waals surface area contributed by atoms with Gasteiger partial charge in [0.15, 0.2) is 0 Å². The van der Waals surface area contributed by atoms with Crippen molar-refractivity contribution in [3.8, 4) is 11.3 Å². The van der Waals surface area contributed by atoms with E-state index in [0.29, 0.717) is 12.4 Å². The molecule has 0 saturated heterocycles. The van der Waals surface area contributed by atoms with Gasteiger partial charge in [-0.3, -0.25) is 0 Å². The molecule has 1 aromatic heterocycles. The summed E-state index contributed by atoms with van der Waals surface area (Å²) in [5, 5.41) is 3.36. The van der Waals surface area contributed by atoms with Crippen molar-refractivity contribution in [1.82, 2.24) is 9.97 Å². The number of benzene rings is 3. The number of anilines is 1. The van der Waals surface area contributed by atoms with Crippen molar-refractivity contribution in [2.75, 3.05) is 11.9 Å². The predicted octanol–water partition coefficient (Wildman–Crippen LogP) is 5.93. The minimum atomic E-state index is -0.166. The number of aromatic nitrogens is 2. The summed E-state index contributed by atoms with van der Waals surface area (Å²) in [7, 11) is 0. The maximum absolute atomic E-state index is 14.6. The summed E-state index contributed by atoms with van der Waals surface area (Å²) in [6.45, 7) is 2.86. The van der Waals surface area contributed by atoms with E-state index >= 15 is 0 Å². The number of hydrogen-bond acceptors (Lipinski definition) is 3. The number of aryl methyl sites for hydroxylation is 1. The van der Waals surface area contributed by atoms with Gasteiger partial charge in [-0.15, -0.1) is 0 Å². The molecular formula is C27H24FN3. The summed E-state index contributed by atoms with van der Waals surface area (Å²) in [6.07, 6.45) is 3.49. The van der Waals surface area contributed by atoms with Crippen LogP contribution in [0.15, 0.2) is 79.0 Å². The second-order valence-corrected chi connectivity index (χ2v) is 8.10. The molecule has 5 rings (SSSR count). The Labute approximate surface area is 182 Å². The Balaban J connectivity index is 1.40. The van der Waals surface area contributed by atoms with Gasteiger partial charge < -0.3 is 5.32 Å². The van der Waals surface area contributed by atoms with Crippen molar-refractivity contribution < 1.29 is 4.39 Å². The van der Waals surface area contributed by atoms with E-state index in [4.69, 9.17) is 4.98 Å². The lowest BCUT2D eigenvalue weighted by Gasteiger charge is -2.27. The molecule has 0 radical (unpaired) electrons. The molecule has 154 valence electrons. The maximum Gasteiger partial charge on any atom is 0.223 e. The summed E-state index contributed by atoms with van der Waals surface area (Å²) < 4.78 is 14.6. The number of fused-ring (bicyclic) bond motifs is 3. The molecule has 1 aliphatic carbocycles. The third-order valence-corrected chi connectivity index (χ3v) is 5.98. The molecule has 0 saturated carbocycles. The van der Waals surface area contributed by atoms with E-state index in [2.05, 4.69) is 53.6 Å². The molecule has 0 aliphatic heterocycles. The van der Waals surface area contributed by atoms with Gasteiger partial charge in [0.1, 0.15) is 5.82 Å². The second-order valence-electron chi connectivity index (χ2n) is 8.10. The fourth-order valence-corrected chi connectivity index (χ4v) is 4.33. The van der Waals surface area contributed by atoms with Crippen molar-refractivity contribution >= 4 is 5.95 Å². The van der Waals surface area contributed by atoms with E-state index in [1.54, 1.807) is 6.07 Å². The van der Waals surface area contributed by atoms with E-state index in [9.17, 15) is 4.39 Å². The smallest absolute Gasteiger partial charge is 0.223 e. The van der Waals surface area contributed by atoms with E-state index in [1.165, 1.54) is 17.2 Å². The molecule has 31 heavy (non-hydrogen) atoms. The van der Waals surface area contributed by atoms with E-state index in [1.807, 2.05) is 30.5 Å². The highest BCUT2D eigenvalue weighted by Crippen LogP contribution is 2.42. The van der Waals surface area contributed by atoms with Crippen LogP contribution in [-0.2, 0) is 12.8 Å². The van der Waals surface area contributed by atoms with Crippen LogP contribution in [0.3, 0.4) is 0 Å². The lowest BCUT2D eigenvalue weighted by atomic mass is 9.78. The molecular weight excluding hydrogens is 385 g/mol. The van der Waals surface area contributed by atoms with E-state index in [-0.39, 0.29) is 11.7 Å². The van der Waals surface area contributed by atoms with Crippen LogP contribution in [0.25, 0.3) is 11.3 Å². The van der Waals surface area contributed by atoms with Crippen molar-refractivity contribution in [1.29, 1.82) is 0 Å². The first-order valence-corrected chi connectivity index (χ1v) is 10.7. The van der Waals surface area contributed by atoms with Gasteiger partial charge in [-0.25, -0.2) is 14.4 Å². The maximum atomic E-state index is 14.6. The van der Waals surface area contributed by atoms with Gasteiger partial charge in [0.25, 0.3) is 0 Å². The summed E-state index contributed by atoms with van der Waals surface area (Å²) in [6, 6.07) is 23.8. The molecule has 4 heteroatoms. The molecule has 4 aromatic rings. The molecule has 1 heterocycles. The zero-order valence-corrected chi connectivity index (χ0v) is 17.5. The van der Waals surface area contributed by atoms with Crippen LogP contribution < -0.4 is 5.32 Å². The molecule has 1 N–H and O–H groups in total. The molecule has 0 fully saturated rings. The average molecular weight is 410 g/mol. The number of halogens is 1. The van der Waals surface area contributed by atoms with Gasteiger partial charge in [-0.2, -0.15) is 0 Å². The molecule has 0 amide bonds. The van der Waals surface area contributed by atoms with Gasteiger partial charge in [-0.05, 0) is 48.1 Å². The Morgan fingerprint density at radius 2 is 1.68 bits per heavy atom. The number of nitrogens with zero attached hydrogens (tertiary/aromatic N) is 2. The van der Waals surface area contributed by atoms with Crippen molar-refractivity contribution in [2.24, 2.45) is 0 Å². The topological polar surface area (TPSA) is 37.8 Å². The Kier molecular flexibility index (Phi) is 5.21. The fourth-order valence-electron chi connectivity index (χ4n) is 4.33. The average Bonchev–Trinajstić information content (AvgIpc) is 2.80. The highest BCUT2D eigenvalue weighted by molar-refractivity contribution is 5.72. The summed E-state index contributed by atoms with van der Waals surface area (Å²) in [4.78, 5) is 9.38. The first kappa shape index (κ1) is 19.4. The highest BCUT2D eigenvalue weighted by Gasteiger charge is 2.28. The second kappa shape index (κ2) is 8.31. The minimum Gasteiger partial charge on any atom is -0.354 e. The third-order valence-electron chi connectivity index (χ3n) is 5.98. The predicted molar refractivity (Wildman–Crippen MR) is 123 cm³/mol. The molecule has 1 unspecified atom stereocenters. The Morgan fingerprint density at radius 1 is 0.935 bits per heavy atom. The summed E-state index contributed by atoms with van der Waals surface area (Å²) >= 11 is 0. The van der Waals surface area contributed by atoms with Crippen LogP contribution in [0, 0.1) is 12.7 Å². The van der Waals surface area contributed by atoms with Crippen molar-refractivity contribution in [3.63, 3.8) is 0 Å². The van der Waals surface area contributed by atoms with Gasteiger partial charge in [0.2, 0.25) is 5.95 Å². The highest BCUT2D eigenvalue weighted by atomic mass is 19.1. The molecule has 1 atom stereocenters. The van der Waals surface area contributed by atoms with Crippen LogP contribution in [0.5, 0.6) is 0 Å². The summed E-state index contributed by atoms with van der Waals surface area (Å²) in [5.74, 6) is 0.430. The largest absolute Gasteiger partial charge is 0.354 e. The van der Waals surface area contributed by atoms with Gasteiger partial charge >= 0.3 is 0 Å². The number of nitrogens with one attached hydrogen (secondary N) is 1. The van der Waals surface area contributed by atoms with Gasteiger partial charge in [0.05, 0.1) is 5.69 Å².